The minimum Gasteiger partial charge on any atom is -0.379 e. The van der Waals surface area contributed by atoms with Crippen LogP contribution in [-0.2, 0) is 16.0 Å². The van der Waals surface area contributed by atoms with Crippen LogP contribution < -0.4 is 5.73 Å². The number of Topliss-reactive ketones (excluding diaryl/α,β-unsaturated/α-hetero) is 1. The minimum absolute atomic E-state index is 0.00926. The Morgan fingerprint density at radius 3 is 2.89 bits per heavy atom. The van der Waals surface area contributed by atoms with Gasteiger partial charge in [0.05, 0.1) is 18.6 Å². The second-order valence-electron chi connectivity index (χ2n) is 4.92. The van der Waals surface area contributed by atoms with E-state index >= 15 is 0 Å². The van der Waals surface area contributed by atoms with Crippen molar-refractivity contribution in [1.29, 1.82) is 0 Å². The van der Waals surface area contributed by atoms with Crippen molar-refractivity contribution >= 4 is 21.7 Å². The van der Waals surface area contributed by atoms with Crippen molar-refractivity contribution in [1.82, 2.24) is 0 Å². The third-order valence-corrected chi connectivity index (χ3v) is 3.90. The fourth-order valence-electron chi connectivity index (χ4n) is 2.08. The van der Waals surface area contributed by atoms with Crippen LogP contribution in [0.3, 0.4) is 0 Å². The number of ketones is 1. The SMILES string of the molecule is CC1(C(=O)Cc2cc(F)cc(Br)c2)COCC1N. The molecule has 1 fully saturated rings. The van der Waals surface area contributed by atoms with Gasteiger partial charge >= 0.3 is 0 Å². The fourth-order valence-corrected chi connectivity index (χ4v) is 2.59. The van der Waals surface area contributed by atoms with E-state index in [0.29, 0.717) is 23.2 Å². The molecule has 2 N–H and O–H groups in total. The highest BCUT2D eigenvalue weighted by atomic mass is 79.9. The van der Waals surface area contributed by atoms with Crippen LogP contribution in [0.2, 0.25) is 0 Å². The van der Waals surface area contributed by atoms with E-state index in [4.69, 9.17) is 10.5 Å². The van der Waals surface area contributed by atoms with Crippen molar-refractivity contribution in [2.75, 3.05) is 13.2 Å². The predicted octanol–water partition coefficient (Wildman–Crippen LogP) is 2.06. The molecule has 2 unspecified atom stereocenters. The average molecular weight is 316 g/mol. The van der Waals surface area contributed by atoms with E-state index in [9.17, 15) is 9.18 Å². The van der Waals surface area contributed by atoms with E-state index in [1.165, 1.54) is 12.1 Å². The molecule has 1 heterocycles. The first-order chi connectivity index (χ1) is 8.41. The lowest BCUT2D eigenvalue weighted by molar-refractivity contribution is -0.127. The van der Waals surface area contributed by atoms with Crippen molar-refractivity contribution in [3.8, 4) is 0 Å². The van der Waals surface area contributed by atoms with Gasteiger partial charge in [-0.1, -0.05) is 15.9 Å². The van der Waals surface area contributed by atoms with Crippen LogP contribution in [-0.4, -0.2) is 25.0 Å². The smallest absolute Gasteiger partial charge is 0.147 e. The molecule has 2 rings (SSSR count). The summed E-state index contributed by atoms with van der Waals surface area (Å²) in [7, 11) is 0. The third kappa shape index (κ3) is 2.63. The Morgan fingerprint density at radius 1 is 1.61 bits per heavy atom. The monoisotopic (exact) mass is 315 g/mol. The molecule has 0 amide bonds. The summed E-state index contributed by atoms with van der Waals surface area (Å²) in [6.07, 6.45) is 0.171. The van der Waals surface area contributed by atoms with Crippen LogP contribution in [0.15, 0.2) is 22.7 Å². The zero-order chi connectivity index (χ0) is 13.3. The molecule has 0 radical (unpaired) electrons. The van der Waals surface area contributed by atoms with Gasteiger partial charge in [-0.15, -0.1) is 0 Å². The van der Waals surface area contributed by atoms with Gasteiger partial charge in [0.1, 0.15) is 11.6 Å². The van der Waals surface area contributed by atoms with Crippen molar-refractivity contribution in [2.45, 2.75) is 19.4 Å². The number of benzene rings is 1. The molecule has 0 bridgehead atoms. The maximum absolute atomic E-state index is 13.2. The Kier molecular flexibility index (Phi) is 3.84. The number of carbonyl (C=O) groups excluding carboxylic acids is 1. The lowest BCUT2D eigenvalue weighted by Crippen LogP contribution is -2.45. The molecule has 18 heavy (non-hydrogen) atoms. The van der Waals surface area contributed by atoms with E-state index in [1.54, 1.807) is 13.0 Å². The number of rotatable bonds is 3. The van der Waals surface area contributed by atoms with E-state index < -0.39 is 5.41 Å². The van der Waals surface area contributed by atoms with E-state index in [-0.39, 0.29) is 24.1 Å². The molecular weight excluding hydrogens is 301 g/mol. The molecule has 98 valence electrons. The van der Waals surface area contributed by atoms with Crippen LogP contribution in [0.5, 0.6) is 0 Å². The van der Waals surface area contributed by atoms with Crippen LogP contribution in [0.1, 0.15) is 12.5 Å². The Bertz CT molecular complexity index is 460. The second-order valence-corrected chi connectivity index (χ2v) is 5.83. The normalized spacial score (nSPS) is 27.4. The first-order valence-corrected chi connectivity index (χ1v) is 6.53. The molecular formula is C13H15BrFNO2. The Morgan fingerprint density at radius 2 is 2.33 bits per heavy atom. The largest absolute Gasteiger partial charge is 0.379 e. The summed E-state index contributed by atoms with van der Waals surface area (Å²) in [5.74, 6) is -0.366. The van der Waals surface area contributed by atoms with Crippen LogP contribution in [0, 0.1) is 11.2 Å². The molecule has 1 aliphatic rings. The molecule has 1 aromatic rings. The molecule has 0 saturated carbocycles. The van der Waals surface area contributed by atoms with E-state index in [0.717, 1.165) is 0 Å². The summed E-state index contributed by atoms with van der Waals surface area (Å²) in [6.45, 7) is 2.54. The molecule has 2 atom stereocenters. The highest BCUT2D eigenvalue weighted by Crippen LogP contribution is 2.30. The standard InChI is InChI=1S/C13H15BrFNO2/c1-13(7-18-6-11(13)16)12(17)4-8-2-9(14)5-10(15)3-8/h2-3,5,11H,4,6-7,16H2,1H3. The molecule has 0 aliphatic carbocycles. The number of hydrogen-bond donors (Lipinski definition) is 1. The summed E-state index contributed by atoms with van der Waals surface area (Å²) in [5.41, 5.74) is 5.88. The van der Waals surface area contributed by atoms with Crippen molar-refractivity contribution in [3.05, 3.63) is 34.1 Å². The van der Waals surface area contributed by atoms with Gasteiger partial charge in [-0.3, -0.25) is 4.79 Å². The van der Waals surface area contributed by atoms with Gasteiger partial charge in [0, 0.05) is 16.9 Å². The summed E-state index contributed by atoms with van der Waals surface area (Å²) < 4.78 is 19.1. The van der Waals surface area contributed by atoms with Gasteiger partial charge in [0.15, 0.2) is 0 Å². The van der Waals surface area contributed by atoms with Gasteiger partial charge in [-0.2, -0.15) is 0 Å². The quantitative estimate of drug-likeness (QED) is 0.929. The van der Waals surface area contributed by atoms with Gasteiger partial charge in [-0.25, -0.2) is 4.39 Å². The highest BCUT2D eigenvalue weighted by molar-refractivity contribution is 9.10. The first kappa shape index (κ1) is 13.6. The van der Waals surface area contributed by atoms with E-state index in [1.807, 2.05) is 0 Å². The maximum Gasteiger partial charge on any atom is 0.147 e. The maximum atomic E-state index is 13.2. The van der Waals surface area contributed by atoms with Crippen LogP contribution in [0.25, 0.3) is 0 Å². The lowest BCUT2D eigenvalue weighted by Gasteiger charge is -2.25. The van der Waals surface area contributed by atoms with Gasteiger partial charge in [-0.05, 0) is 30.7 Å². The van der Waals surface area contributed by atoms with Crippen LogP contribution >= 0.6 is 15.9 Å². The summed E-state index contributed by atoms with van der Waals surface area (Å²) in [5, 5.41) is 0. The average Bonchev–Trinajstić information content (AvgIpc) is 2.59. The minimum atomic E-state index is -0.668. The van der Waals surface area contributed by atoms with Crippen molar-refractivity contribution < 1.29 is 13.9 Å². The lowest BCUT2D eigenvalue weighted by atomic mass is 9.79. The van der Waals surface area contributed by atoms with E-state index in [2.05, 4.69) is 15.9 Å². The number of carbonyl (C=O) groups is 1. The molecule has 1 aromatic carbocycles. The summed E-state index contributed by atoms with van der Waals surface area (Å²) in [6, 6.07) is 4.18. The molecule has 3 nitrogen and oxygen atoms in total. The molecule has 1 saturated heterocycles. The van der Waals surface area contributed by atoms with Crippen molar-refractivity contribution in [3.63, 3.8) is 0 Å². The molecule has 1 aliphatic heterocycles. The molecule has 0 aromatic heterocycles. The third-order valence-electron chi connectivity index (χ3n) is 3.44. The Hall–Kier alpha value is -0.780. The zero-order valence-electron chi connectivity index (χ0n) is 10.1. The Labute approximate surface area is 114 Å². The molecule has 5 heteroatoms. The fraction of sp³-hybridized carbons (Fsp3) is 0.462. The highest BCUT2D eigenvalue weighted by Gasteiger charge is 2.43. The first-order valence-electron chi connectivity index (χ1n) is 5.73. The predicted molar refractivity (Wildman–Crippen MR) is 69.7 cm³/mol. The second kappa shape index (κ2) is 5.07. The number of nitrogens with two attached hydrogens (primary N) is 1. The Balaban J connectivity index is 2.16. The van der Waals surface area contributed by atoms with Crippen LogP contribution in [0.4, 0.5) is 4.39 Å². The summed E-state index contributed by atoms with van der Waals surface area (Å²) in [4.78, 5) is 12.3. The van der Waals surface area contributed by atoms with Crippen molar-refractivity contribution in [2.24, 2.45) is 11.1 Å². The van der Waals surface area contributed by atoms with Gasteiger partial charge < -0.3 is 10.5 Å². The number of halogens is 2. The van der Waals surface area contributed by atoms with Gasteiger partial charge in [0.2, 0.25) is 0 Å². The van der Waals surface area contributed by atoms with Gasteiger partial charge in [0.25, 0.3) is 0 Å². The zero-order valence-corrected chi connectivity index (χ0v) is 11.7. The number of ether oxygens (including phenoxy) is 1. The molecule has 0 spiro atoms. The number of hydrogen-bond acceptors (Lipinski definition) is 3. The topological polar surface area (TPSA) is 52.3 Å². The summed E-state index contributed by atoms with van der Waals surface area (Å²) >= 11 is 3.21.